The van der Waals surface area contributed by atoms with Gasteiger partial charge >= 0.3 is 0 Å². The molecule has 0 amide bonds. The van der Waals surface area contributed by atoms with Crippen LogP contribution in [0.1, 0.15) is 12.6 Å². The Morgan fingerprint density at radius 3 is 2.76 bits per heavy atom. The quantitative estimate of drug-likeness (QED) is 0.544. The van der Waals surface area contributed by atoms with E-state index in [1.165, 1.54) is 0 Å². The van der Waals surface area contributed by atoms with Crippen molar-refractivity contribution >= 4 is 11.3 Å². The Hall–Kier alpha value is -3.00. The van der Waals surface area contributed by atoms with Crippen molar-refractivity contribution in [3.63, 3.8) is 0 Å². The van der Waals surface area contributed by atoms with Crippen LogP contribution >= 0.6 is 11.3 Å². The van der Waals surface area contributed by atoms with Crippen molar-refractivity contribution in [1.29, 1.82) is 0 Å². The molecule has 0 saturated carbocycles. The van der Waals surface area contributed by atoms with Crippen LogP contribution in [0, 0.1) is 6.92 Å². The van der Waals surface area contributed by atoms with E-state index in [0.717, 1.165) is 22.0 Å². The predicted octanol–water partition coefficient (Wildman–Crippen LogP) is 3.75. The lowest BCUT2D eigenvalue weighted by Gasteiger charge is -2.05. The summed E-state index contributed by atoms with van der Waals surface area (Å²) in [6.45, 7) is 4.51. The lowest BCUT2D eigenvalue weighted by atomic mass is 10.3. The molecule has 126 valence electrons. The van der Waals surface area contributed by atoms with Crippen LogP contribution in [0.5, 0.6) is 5.75 Å². The van der Waals surface area contributed by atoms with Crippen molar-refractivity contribution in [3.05, 3.63) is 47.5 Å². The first-order valence-corrected chi connectivity index (χ1v) is 8.67. The second kappa shape index (κ2) is 6.48. The van der Waals surface area contributed by atoms with Gasteiger partial charge in [0.2, 0.25) is 5.82 Å². The van der Waals surface area contributed by atoms with Crippen LogP contribution in [0.3, 0.4) is 0 Å². The molecule has 0 radical (unpaired) electrons. The molecule has 0 aliphatic carbocycles. The third kappa shape index (κ3) is 2.91. The van der Waals surface area contributed by atoms with E-state index in [1.54, 1.807) is 16.0 Å². The Morgan fingerprint density at radius 2 is 2.04 bits per heavy atom. The minimum absolute atomic E-state index is 0.359. The molecule has 0 fully saturated rings. The van der Waals surface area contributed by atoms with Gasteiger partial charge in [0.25, 0.3) is 5.89 Å². The Labute approximate surface area is 147 Å². The first-order chi connectivity index (χ1) is 12.3. The fourth-order valence-electron chi connectivity index (χ4n) is 2.45. The van der Waals surface area contributed by atoms with Crippen LogP contribution in [-0.2, 0) is 0 Å². The molecular weight excluding hydrogens is 338 g/mol. The van der Waals surface area contributed by atoms with Crippen LogP contribution in [0.25, 0.3) is 28.0 Å². The highest BCUT2D eigenvalue weighted by Crippen LogP contribution is 2.26. The zero-order valence-electron chi connectivity index (χ0n) is 13.7. The Balaban J connectivity index is 1.65. The van der Waals surface area contributed by atoms with E-state index in [1.807, 2.05) is 55.6 Å². The third-order valence-corrected chi connectivity index (χ3v) is 4.52. The van der Waals surface area contributed by atoms with Crippen molar-refractivity contribution in [2.75, 3.05) is 6.61 Å². The molecule has 0 spiro atoms. The van der Waals surface area contributed by atoms with Crippen LogP contribution in [0.2, 0.25) is 0 Å². The van der Waals surface area contributed by atoms with Gasteiger partial charge < -0.3 is 9.26 Å². The lowest BCUT2D eigenvalue weighted by molar-refractivity contribution is 0.340. The summed E-state index contributed by atoms with van der Waals surface area (Å²) in [4.78, 5) is 5.38. The van der Waals surface area contributed by atoms with Gasteiger partial charge in [-0.3, -0.25) is 0 Å². The van der Waals surface area contributed by atoms with E-state index in [9.17, 15) is 0 Å². The monoisotopic (exact) mass is 353 g/mol. The number of hydrogen-bond acceptors (Lipinski definition) is 7. The van der Waals surface area contributed by atoms with Gasteiger partial charge in [-0.05, 0) is 49.6 Å². The number of benzene rings is 1. The number of ether oxygens (including phenoxy) is 1. The van der Waals surface area contributed by atoms with Crippen LogP contribution < -0.4 is 4.74 Å². The van der Waals surface area contributed by atoms with E-state index in [-0.39, 0.29) is 0 Å². The first kappa shape index (κ1) is 15.5. The van der Waals surface area contributed by atoms with Crippen LogP contribution in [0.15, 0.2) is 46.3 Å². The molecule has 0 aliphatic heterocycles. The second-order valence-corrected chi connectivity index (χ2v) is 6.21. The molecule has 4 rings (SSSR count). The maximum Gasteiger partial charge on any atom is 0.280 e. The summed E-state index contributed by atoms with van der Waals surface area (Å²) < 4.78 is 12.6. The molecule has 0 aliphatic rings. The van der Waals surface area contributed by atoms with Crippen molar-refractivity contribution in [2.24, 2.45) is 0 Å². The third-order valence-electron chi connectivity index (χ3n) is 3.66. The van der Waals surface area contributed by atoms with Gasteiger partial charge in [0.1, 0.15) is 5.75 Å². The molecular formula is C17H15N5O2S. The summed E-state index contributed by atoms with van der Waals surface area (Å²) >= 11 is 1.56. The number of nitrogens with zero attached hydrogens (tertiary/aromatic N) is 5. The van der Waals surface area contributed by atoms with Crippen LogP contribution in [0.4, 0.5) is 0 Å². The standard InChI is InChI=1S/C17H15N5O2S/c1-3-23-13-8-6-12(7-9-13)22-11(2)15(19-21-22)17-18-16(20-24-17)14-5-4-10-25-14/h4-10H,3H2,1-2H3. The Kier molecular flexibility index (Phi) is 4.02. The largest absolute Gasteiger partial charge is 0.494 e. The predicted molar refractivity (Wildman–Crippen MR) is 93.9 cm³/mol. The summed E-state index contributed by atoms with van der Waals surface area (Å²) in [7, 11) is 0. The zero-order valence-corrected chi connectivity index (χ0v) is 14.5. The van der Waals surface area contributed by atoms with E-state index in [4.69, 9.17) is 9.26 Å². The van der Waals surface area contributed by atoms with Gasteiger partial charge in [0, 0.05) is 0 Å². The average Bonchev–Trinajstić information content (AvgIpc) is 3.36. The van der Waals surface area contributed by atoms with Gasteiger partial charge in [-0.25, -0.2) is 4.68 Å². The topological polar surface area (TPSA) is 78.9 Å². The smallest absolute Gasteiger partial charge is 0.280 e. The molecule has 0 bridgehead atoms. The molecule has 0 atom stereocenters. The second-order valence-electron chi connectivity index (χ2n) is 5.26. The van der Waals surface area contributed by atoms with Gasteiger partial charge in [-0.15, -0.1) is 16.4 Å². The van der Waals surface area contributed by atoms with E-state index >= 15 is 0 Å². The lowest BCUT2D eigenvalue weighted by Crippen LogP contribution is -1.99. The van der Waals surface area contributed by atoms with E-state index < -0.39 is 0 Å². The van der Waals surface area contributed by atoms with Gasteiger partial charge in [0.05, 0.1) is 22.9 Å². The summed E-state index contributed by atoms with van der Waals surface area (Å²) in [6, 6.07) is 11.6. The van der Waals surface area contributed by atoms with Crippen LogP contribution in [-0.4, -0.2) is 31.7 Å². The van der Waals surface area contributed by atoms with E-state index in [0.29, 0.717) is 24.0 Å². The molecule has 4 aromatic rings. The summed E-state index contributed by atoms with van der Waals surface area (Å²) in [5, 5.41) is 14.4. The molecule has 0 saturated heterocycles. The normalized spacial score (nSPS) is 11.0. The number of rotatable bonds is 5. The molecule has 1 aromatic carbocycles. The molecule has 0 N–H and O–H groups in total. The van der Waals surface area contributed by atoms with E-state index in [2.05, 4.69) is 20.5 Å². The highest BCUT2D eigenvalue weighted by molar-refractivity contribution is 7.13. The summed E-state index contributed by atoms with van der Waals surface area (Å²) in [6.07, 6.45) is 0. The number of hydrogen-bond donors (Lipinski definition) is 0. The molecule has 3 heterocycles. The maximum atomic E-state index is 5.46. The number of thiophene rings is 1. The molecule has 7 nitrogen and oxygen atoms in total. The highest BCUT2D eigenvalue weighted by atomic mass is 32.1. The fraction of sp³-hybridized carbons (Fsp3) is 0.176. The summed E-state index contributed by atoms with van der Waals surface area (Å²) in [5.74, 6) is 1.74. The van der Waals surface area contributed by atoms with Crippen molar-refractivity contribution in [1.82, 2.24) is 25.1 Å². The van der Waals surface area contributed by atoms with Crippen molar-refractivity contribution in [3.8, 4) is 33.7 Å². The fourth-order valence-corrected chi connectivity index (χ4v) is 3.10. The van der Waals surface area contributed by atoms with Crippen molar-refractivity contribution in [2.45, 2.75) is 13.8 Å². The first-order valence-electron chi connectivity index (χ1n) is 7.79. The SMILES string of the molecule is CCOc1ccc(-n2nnc(-c3nc(-c4cccs4)no3)c2C)cc1. The highest BCUT2D eigenvalue weighted by Gasteiger charge is 2.19. The minimum Gasteiger partial charge on any atom is -0.494 e. The molecule has 25 heavy (non-hydrogen) atoms. The molecule has 8 heteroatoms. The Bertz CT molecular complexity index is 973. The molecule has 0 unspecified atom stereocenters. The van der Waals surface area contributed by atoms with Gasteiger partial charge in [0.15, 0.2) is 5.69 Å². The minimum atomic E-state index is 0.359. The zero-order chi connectivity index (χ0) is 17.2. The van der Waals surface area contributed by atoms with Crippen molar-refractivity contribution < 1.29 is 9.26 Å². The average molecular weight is 353 g/mol. The Morgan fingerprint density at radius 1 is 1.20 bits per heavy atom. The van der Waals surface area contributed by atoms with Gasteiger partial charge in [-0.1, -0.05) is 16.4 Å². The maximum absolute atomic E-state index is 5.46. The number of aromatic nitrogens is 5. The summed E-state index contributed by atoms with van der Waals surface area (Å²) in [5.41, 5.74) is 2.28. The van der Waals surface area contributed by atoms with Gasteiger partial charge in [-0.2, -0.15) is 4.98 Å². The molecule has 3 aromatic heterocycles.